The van der Waals surface area contributed by atoms with Crippen LogP contribution in [0, 0.1) is 13.8 Å². The van der Waals surface area contributed by atoms with Crippen molar-refractivity contribution in [3.8, 4) is 0 Å². The summed E-state index contributed by atoms with van der Waals surface area (Å²) in [7, 11) is 0. The molecule has 0 aliphatic carbocycles. The lowest BCUT2D eigenvalue weighted by molar-refractivity contribution is 0.275. The summed E-state index contributed by atoms with van der Waals surface area (Å²) >= 11 is 0. The molecule has 0 radical (unpaired) electrons. The van der Waals surface area contributed by atoms with Crippen molar-refractivity contribution in [2.45, 2.75) is 26.8 Å². The first-order valence-corrected chi connectivity index (χ1v) is 8.10. The molecular formula is C17H25N5. The Kier molecular flexibility index (Phi) is 4.73. The Hall–Kier alpha value is -1.88. The maximum Gasteiger partial charge on any atom is 0.0539 e. The van der Waals surface area contributed by atoms with E-state index in [0.29, 0.717) is 0 Å². The van der Waals surface area contributed by atoms with E-state index >= 15 is 0 Å². The van der Waals surface area contributed by atoms with E-state index in [4.69, 9.17) is 0 Å². The fraction of sp³-hybridized carbons (Fsp3) is 0.529. The van der Waals surface area contributed by atoms with Crippen LogP contribution in [-0.4, -0.2) is 52.4 Å². The number of pyridine rings is 1. The second kappa shape index (κ2) is 6.92. The monoisotopic (exact) mass is 299 g/mol. The normalized spacial score (nSPS) is 16.7. The number of hydrogen-bond donors (Lipinski definition) is 0. The molecule has 22 heavy (non-hydrogen) atoms. The molecule has 0 amide bonds. The Balaban J connectivity index is 1.56. The van der Waals surface area contributed by atoms with E-state index in [9.17, 15) is 0 Å². The van der Waals surface area contributed by atoms with Crippen molar-refractivity contribution in [1.29, 1.82) is 0 Å². The van der Waals surface area contributed by atoms with Gasteiger partial charge in [0, 0.05) is 56.2 Å². The fourth-order valence-corrected chi connectivity index (χ4v) is 3.13. The lowest BCUT2D eigenvalue weighted by atomic mass is 10.2. The number of nitrogens with zero attached hydrogens (tertiary/aromatic N) is 5. The molecule has 0 bridgehead atoms. The number of anilines is 1. The van der Waals surface area contributed by atoms with E-state index < -0.39 is 0 Å². The molecule has 3 heterocycles. The smallest absolute Gasteiger partial charge is 0.0539 e. The standard InChI is InChI=1S/C17H25N5/c1-15-14-18-6-5-17(15)21-9-3-8-20(10-12-21)11-13-22-16(2)4-7-19-22/h4-7,14H,3,8-13H2,1-2H3. The van der Waals surface area contributed by atoms with Gasteiger partial charge in [0.15, 0.2) is 0 Å². The number of rotatable bonds is 4. The van der Waals surface area contributed by atoms with Gasteiger partial charge in [-0.25, -0.2) is 0 Å². The van der Waals surface area contributed by atoms with Crippen molar-refractivity contribution in [2.24, 2.45) is 0 Å². The van der Waals surface area contributed by atoms with Crippen molar-refractivity contribution in [3.05, 3.63) is 42.0 Å². The molecule has 0 N–H and O–H groups in total. The zero-order valence-corrected chi connectivity index (χ0v) is 13.6. The Morgan fingerprint density at radius 2 is 1.91 bits per heavy atom. The molecule has 1 fully saturated rings. The summed E-state index contributed by atoms with van der Waals surface area (Å²) in [5.41, 5.74) is 3.84. The van der Waals surface area contributed by atoms with E-state index in [1.54, 1.807) is 0 Å². The van der Waals surface area contributed by atoms with Crippen LogP contribution in [0.1, 0.15) is 17.7 Å². The zero-order valence-electron chi connectivity index (χ0n) is 13.6. The van der Waals surface area contributed by atoms with Gasteiger partial charge in [0.1, 0.15) is 0 Å². The molecular weight excluding hydrogens is 274 g/mol. The Morgan fingerprint density at radius 1 is 1.00 bits per heavy atom. The van der Waals surface area contributed by atoms with Gasteiger partial charge in [-0.2, -0.15) is 5.10 Å². The van der Waals surface area contributed by atoms with Gasteiger partial charge in [0.25, 0.3) is 0 Å². The fourth-order valence-electron chi connectivity index (χ4n) is 3.13. The largest absolute Gasteiger partial charge is 0.370 e. The van der Waals surface area contributed by atoms with Crippen molar-refractivity contribution in [3.63, 3.8) is 0 Å². The van der Waals surface area contributed by atoms with Gasteiger partial charge in [0.05, 0.1) is 6.54 Å². The van der Waals surface area contributed by atoms with Crippen molar-refractivity contribution in [1.82, 2.24) is 19.7 Å². The summed E-state index contributed by atoms with van der Waals surface area (Å²) in [5, 5.41) is 4.37. The van der Waals surface area contributed by atoms with Gasteiger partial charge in [0.2, 0.25) is 0 Å². The lowest BCUT2D eigenvalue weighted by Gasteiger charge is -2.25. The van der Waals surface area contributed by atoms with Gasteiger partial charge < -0.3 is 4.90 Å². The second-order valence-corrected chi connectivity index (χ2v) is 6.04. The van der Waals surface area contributed by atoms with Crippen LogP contribution in [0.2, 0.25) is 0 Å². The first-order valence-electron chi connectivity index (χ1n) is 8.10. The third-order valence-electron chi connectivity index (χ3n) is 4.48. The molecule has 0 atom stereocenters. The minimum Gasteiger partial charge on any atom is -0.370 e. The zero-order chi connectivity index (χ0) is 15.4. The predicted molar refractivity (Wildman–Crippen MR) is 89.2 cm³/mol. The van der Waals surface area contributed by atoms with E-state index in [1.807, 2.05) is 18.6 Å². The van der Waals surface area contributed by atoms with Crippen molar-refractivity contribution in [2.75, 3.05) is 37.6 Å². The molecule has 118 valence electrons. The molecule has 2 aromatic heterocycles. The summed E-state index contributed by atoms with van der Waals surface area (Å²) in [5.74, 6) is 0. The highest BCUT2D eigenvalue weighted by molar-refractivity contribution is 5.51. The van der Waals surface area contributed by atoms with Crippen LogP contribution in [0.5, 0.6) is 0 Å². The molecule has 0 aromatic carbocycles. The average molecular weight is 299 g/mol. The molecule has 3 rings (SSSR count). The first-order chi connectivity index (χ1) is 10.7. The van der Waals surface area contributed by atoms with E-state index in [2.05, 4.69) is 50.5 Å². The molecule has 1 saturated heterocycles. The van der Waals surface area contributed by atoms with Crippen molar-refractivity contribution >= 4 is 5.69 Å². The van der Waals surface area contributed by atoms with Gasteiger partial charge in [-0.15, -0.1) is 0 Å². The molecule has 1 aliphatic rings. The summed E-state index contributed by atoms with van der Waals surface area (Å²) in [6.07, 6.45) is 6.94. The molecule has 1 aliphatic heterocycles. The van der Waals surface area contributed by atoms with Crippen LogP contribution in [0.25, 0.3) is 0 Å². The third kappa shape index (κ3) is 3.47. The maximum atomic E-state index is 4.37. The first kappa shape index (κ1) is 15.0. The van der Waals surface area contributed by atoms with Crippen LogP contribution in [-0.2, 0) is 6.54 Å². The summed E-state index contributed by atoms with van der Waals surface area (Å²) in [6, 6.07) is 4.20. The summed E-state index contributed by atoms with van der Waals surface area (Å²) in [6.45, 7) is 10.8. The minimum atomic E-state index is 0.979. The van der Waals surface area contributed by atoms with Gasteiger partial charge in [-0.05, 0) is 44.5 Å². The van der Waals surface area contributed by atoms with Crippen LogP contribution in [0.4, 0.5) is 5.69 Å². The maximum absolute atomic E-state index is 4.37. The van der Waals surface area contributed by atoms with E-state index in [0.717, 1.165) is 32.7 Å². The van der Waals surface area contributed by atoms with E-state index in [1.165, 1.54) is 29.9 Å². The topological polar surface area (TPSA) is 37.2 Å². The molecule has 0 spiro atoms. The number of aryl methyl sites for hydroxylation is 2. The molecule has 5 nitrogen and oxygen atoms in total. The highest BCUT2D eigenvalue weighted by Crippen LogP contribution is 2.19. The van der Waals surface area contributed by atoms with Crippen molar-refractivity contribution < 1.29 is 0 Å². The van der Waals surface area contributed by atoms with E-state index in [-0.39, 0.29) is 0 Å². The molecule has 5 heteroatoms. The van der Waals surface area contributed by atoms with Crippen LogP contribution < -0.4 is 4.90 Å². The van der Waals surface area contributed by atoms with Gasteiger partial charge in [-0.3, -0.25) is 14.6 Å². The molecule has 0 saturated carbocycles. The Bertz CT molecular complexity index is 607. The Morgan fingerprint density at radius 3 is 2.68 bits per heavy atom. The highest BCUT2D eigenvalue weighted by atomic mass is 15.3. The molecule has 0 unspecified atom stereocenters. The third-order valence-corrected chi connectivity index (χ3v) is 4.48. The van der Waals surface area contributed by atoms with Crippen LogP contribution >= 0.6 is 0 Å². The molecule has 2 aromatic rings. The predicted octanol–water partition coefficient (Wildman–Crippen LogP) is 2.11. The number of aromatic nitrogens is 3. The van der Waals surface area contributed by atoms with Crippen LogP contribution in [0.15, 0.2) is 30.7 Å². The SMILES string of the molecule is Cc1cnccc1N1CCCN(CCn2nccc2C)CC1. The summed E-state index contributed by atoms with van der Waals surface area (Å²) in [4.78, 5) is 9.25. The van der Waals surface area contributed by atoms with Gasteiger partial charge in [-0.1, -0.05) is 0 Å². The highest BCUT2D eigenvalue weighted by Gasteiger charge is 2.16. The van der Waals surface area contributed by atoms with Gasteiger partial charge >= 0.3 is 0 Å². The summed E-state index contributed by atoms with van der Waals surface area (Å²) < 4.78 is 2.09. The number of hydrogen-bond acceptors (Lipinski definition) is 4. The lowest BCUT2D eigenvalue weighted by Crippen LogP contribution is -2.33. The average Bonchev–Trinajstić information content (AvgIpc) is 2.79. The Labute approximate surface area is 132 Å². The minimum absolute atomic E-state index is 0.979. The second-order valence-electron chi connectivity index (χ2n) is 6.04. The quantitative estimate of drug-likeness (QED) is 0.866. The van der Waals surface area contributed by atoms with Crippen LogP contribution in [0.3, 0.4) is 0 Å².